The lowest BCUT2D eigenvalue weighted by Gasteiger charge is -2.36. The Balaban J connectivity index is 1.56. The van der Waals surface area contributed by atoms with Crippen LogP contribution in [0.1, 0.15) is 12.6 Å². The summed E-state index contributed by atoms with van der Waals surface area (Å²) in [5.41, 5.74) is 2.16. The van der Waals surface area contributed by atoms with Crippen LogP contribution in [0, 0.1) is 0 Å². The van der Waals surface area contributed by atoms with Gasteiger partial charge in [-0.15, -0.1) is 11.3 Å². The number of rotatable bonds is 6. The van der Waals surface area contributed by atoms with E-state index in [2.05, 4.69) is 10.3 Å². The summed E-state index contributed by atoms with van der Waals surface area (Å²) in [5, 5.41) is 12.2. The van der Waals surface area contributed by atoms with Gasteiger partial charge in [-0.25, -0.2) is 4.98 Å². The van der Waals surface area contributed by atoms with Gasteiger partial charge in [0, 0.05) is 43.7 Å². The molecule has 1 atom stereocenters. The molecule has 0 amide bonds. The molecule has 1 fully saturated rings. The summed E-state index contributed by atoms with van der Waals surface area (Å²) in [5.74, 6) is 0.0890. The third-order valence-electron chi connectivity index (χ3n) is 4.59. The minimum atomic E-state index is -0.753. The van der Waals surface area contributed by atoms with Gasteiger partial charge < -0.3 is 9.84 Å². The summed E-state index contributed by atoms with van der Waals surface area (Å²) in [6.07, 6.45) is 0. The zero-order chi connectivity index (χ0) is 17.8. The molecule has 0 aliphatic carbocycles. The van der Waals surface area contributed by atoms with E-state index < -0.39 is 12.0 Å². The highest BCUT2D eigenvalue weighted by molar-refractivity contribution is 7.13. The summed E-state index contributed by atoms with van der Waals surface area (Å²) >= 11 is 1.65. The maximum atomic E-state index is 11.1. The van der Waals surface area contributed by atoms with Crippen LogP contribution in [0.25, 0.3) is 10.6 Å². The number of aliphatic carboxylic acids is 1. The molecule has 2 aromatic rings. The van der Waals surface area contributed by atoms with Crippen LogP contribution in [0.2, 0.25) is 0 Å². The van der Waals surface area contributed by atoms with Crippen LogP contribution in [0.5, 0.6) is 5.75 Å². The number of hydrogen-bond acceptors (Lipinski definition) is 6. The SMILES string of the molecule is COc1ccc(-c2nc(CN3CCN(C(C)C(=O)O)CC3)cs2)cc1. The van der Waals surface area contributed by atoms with E-state index >= 15 is 0 Å². The monoisotopic (exact) mass is 361 g/mol. The zero-order valence-corrected chi connectivity index (χ0v) is 15.3. The first-order valence-corrected chi connectivity index (χ1v) is 9.23. The smallest absolute Gasteiger partial charge is 0.320 e. The molecule has 1 aliphatic rings. The lowest BCUT2D eigenvalue weighted by molar-refractivity contribution is -0.143. The van der Waals surface area contributed by atoms with E-state index in [1.54, 1.807) is 25.4 Å². The van der Waals surface area contributed by atoms with Gasteiger partial charge in [0.05, 0.1) is 12.8 Å². The molecule has 1 N–H and O–H groups in total. The Kier molecular flexibility index (Phi) is 5.67. The molecule has 6 nitrogen and oxygen atoms in total. The number of carboxylic acids is 1. The molecule has 1 saturated heterocycles. The van der Waals surface area contributed by atoms with Crippen molar-refractivity contribution < 1.29 is 14.6 Å². The predicted octanol–water partition coefficient (Wildman–Crippen LogP) is 2.41. The third kappa shape index (κ3) is 4.36. The highest BCUT2D eigenvalue weighted by atomic mass is 32.1. The summed E-state index contributed by atoms with van der Waals surface area (Å²) in [4.78, 5) is 20.2. The second kappa shape index (κ2) is 7.95. The molecule has 1 aliphatic heterocycles. The fourth-order valence-corrected chi connectivity index (χ4v) is 3.76. The first-order chi connectivity index (χ1) is 12.1. The van der Waals surface area contributed by atoms with Crippen molar-refractivity contribution in [1.82, 2.24) is 14.8 Å². The van der Waals surface area contributed by atoms with E-state index in [1.807, 2.05) is 29.2 Å². The van der Waals surface area contributed by atoms with Gasteiger partial charge in [0.2, 0.25) is 0 Å². The van der Waals surface area contributed by atoms with Crippen molar-refractivity contribution in [3.63, 3.8) is 0 Å². The first-order valence-electron chi connectivity index (χ1n) is 8.35. The number of thiazole rings is 1. The third-order valence-corrected chi connectivity index (χ3v) is 5.53. The molecule has 3 rings (SSSR count). The zero-order valence-electron chi connectivity index (χ0n) is 14.5. The molecular weight excluding hydrogens is 338 g/mol. The van der Waals surface area contributed by atoms with Gasteiger partial charge in [0.25, 0.3) is 0 Å². The molecule has 2 heterocycles. The van der Waals surface area contributed by atoms with Crippen molar-refractivity contribution in [2.24, 2.45) is 0 Å². The summed E-state index contributed by atoms with van der Waals surface area (Å²) in [6, 6.07) is 7.52. The molecule has 1 unspecified atom stereocenters. The van der Waals surface area contributed by atoms with Crippen molar-refractivity contribution in [1.29, 1.82) is 0 Å². The molecule has 0 radical (unpaired) electrons. The maximum Gasteiger partial charge on any atom is 0.320 e. The van der Waals surface area contributed by atoms with Crippen molar-refractivity contribution in [3.05, 3.63) is 35.3 Å². The van der Waals surface area contributed by atoms with Gasteiger partial charge in [-0.1, -0.05) is 0 Å². The van der Waals surface area contributed by atoms with Crippen LogP contribution in [0.3, 0.4) is 0 Å². The highest BCUT2D eigenvalue weighted by Gasteiger charge is 2.25. The van der Waals surface area contributed by atoms with Gasteiger partial charge in [-0.2, -0.15) is 0 Å². The fraction of sp³-hybridized carbons (Fsp3) is 0.444. The highest BCUT2D eigenvalue weighted by Crippen LogP contribution is 2.26. The minimum absolute atomic E-state index is 0.414. The van der Waals surface area contributed by atoms with Crippen LogP contribution < -0.4 is 4.74 Å². The largest absolute Gasteiger partial charge is 0.497 e. The van der Waals surface area contributed by atoms with E-state index in [1.165, 1.54) is 0 Å². The predicted molar refractivity (Wildman–Crippen MR) is 98.0 cm³/mol. The Morgan fingerprint density at radius 3 is 2.56 bits per heavy atom. The number of hydrogen-bond donors (Lipinski definition) is 1. The maximum absolute atomic E-state index is 11.1. The molecule has 0 saturated carbocycles. The van der Waals surface area contributed by atoms with E-state index in [9.17, 15) is 4.79 Å². The normalized spacial score (nSPS) is 17.4. The Morgan fingerprint density at radius 1 is 1.28 bits per heavy atom. The Labute approximate surface area is 151 Å². The van der Waals surface area contributed by atoms with Crippen molar-refractivity contribution in [2.45, 2.75) is 19.5 Å². The first kappa shape index (κ1) is 17.8. The Bertz CT molecular complexity index is 709. The number of carboxylic acid groups (broad SMARTS) is 1. The Hall–Kier alpha value is -1.96. The van der Waals surface area contributed by atoms with Crippen LogP contribution in [-0.4, -0.2) is 65.2 Å². The number of nitrogens with zero attached hydrogens (tertiary/aromatic N) is 3. The van der Waals surface area contributed by atoms with Crippen LogP contribution >= 0.6 is 11.3 Å². The minimum Gasteiger partial charge on any atom is -0.497 e. The van der Waals surface area contributed by atoms with Gasteiger partial charge >= 0.3 is 5.97 Å². The van der Waals surface area contributed by atoms with E-state index in [0.717, 1.165) is 54.7 Å². The molecule has 25 heavy (non-hydrogen) atoms. The molecule has 0 spiro atoms. The second-order valence-electron chi connectivity index (χ2n) is 6.20. The van der Waals surface area contributed by atoms with Crippen molar-refractivity contribution in [2.75, 3.05) is 33.3 Å². The van der Waals surface area contributed by atoms with E-state index in [0.29, 0.717) is 0 Å². The Morgan fingerprint density at radius 2 is 1.96 bits per heavy atom. The quantitative estimate of drug-likeness (QED) is 0.852. The molecule has 7 heteroatoms. The number of piperazine rings is 1. The van der Waals surface area contributed by atoms with Crippen LogP contribution in [0.15, 0.2) is 29.6 Å². The fourth-order valence-electron chi connectivity index (χ4n) is 2.94. The van der Waals surface area contributed by atoms with Gasteiger partial charge in [0.1, 0.15) is 16.8 Å². The number of methoxy groups -OCH3 is 1. The molecule has 134 valence electrons. The molecule has 0 bridgehead atoms. The molecule has 1 aromatic carbocycles. The topological polar surface area (TPSA) is 65.9 Å². The van der Waals surface area contributed by atoms with Crippen molar-refractivity contribution >= 4 is 17.3 Å². The summed E-state index contributed by atoms with van der Waals surface area (Å²) < 4.78 is 5.19. The van der Waals surface area contributed by atoms with Crippen LogP contribution in [-0.2, 0) is 11.3 Å². The average molecular weight is 361 g/mol. The molecule has 1 aromatic heterocycles. The number of carbonyl (C=O) groups is 1. The number of benzene rings is 1. The van der Waals surface area contributed by atoms with Crippen LogP contribution in [0.4, 0.5) is 0 Å². The summed E-state index contributed by atoms with van der Waals surface area (Å²) in [7, 11) is 1.66. The van der Waals surface area contributed by atoms with Gasteiger partial charge in [0.15, 0.2) is 0 Å². The summed E-state index contributed by atoms with van der Waals surface area (Å²) in [6.45, 7) is 5.85. The standard InChI is InChI=1S/C18H23N3O3S/c1-13(18(22)23)21-9-7-20(8-10-21)11-15-12-25-17(19-15)14-3-5-16(24-2)6-4-14/h3-6,12-13H,7-11H2,1-2H3,(H,22,23). The number of ether oxygens (including phenoxy) is 1. The lowest BCUT2D eigenvalue weighted by atomic mass is 10.2. The van der Waals surface area contributed by atoms with Gasteiger partial charge in [-0.3, -0.25) is 14.6 Å². The number of aromatic nitrogens is 1. The lowest BCUT2D eigenvalue weighted by Crippen LogP contribution is -2.51. The van der Waals surface area contributed by atoms with Crippen molar-refractivity contribution in [3.8, 4) is 16.3 Å². The van der Waals surface area contributed by atoms with E-state index in [4.69, 9.17) is 14.8 Å². The molecular formula is C18H23N3O3S. The van der Waals surface area contributed by atoms with Gasteiger partial charge in [-0.05, 0) is 31.2 Å². The second-order valence-corrected chi connectivity index (χ2v) is 7.06. The average Bonchev–Trinajstić information content (AvgIpc) is 3.10. The van der Waals surface area contributed by atoms with E-state index in [-0.39, 0.29) is 0 Å².